The molecule has 1 aromatic rings. The molecule has 2 unspecified atom stereocenters. The van der Waals surface area contributed by atoms with Crippen LogP contribution in [0.15, 0.2) is 44.1 Å². The topological polar surface area (TPSA) is 115 Å². The minimum Gasteiger partial charge on any atom is -0.489 e. The molecule has 210 valence electrons. The number of hydrogen-bond acceptors (Lipinski definition) is 10. The largest absolute Gasteiger partial charge is 0.489 e. The number of nitrogens with zero attached hydrogens (tertiary/aromatic N) is 3. The molecule has 1 amide bonds. The molecule has 1 aromatic heterocycles. The first kappa shape index (κ1) is 29.9. The van der Waals surface area contributed by atoms with Crippen molar-refractivity contribution >= 4 is 28.4 Å². The number of ether oxygens (including phenoxy) is 2. The summed E-state index contributed by atoms with van der Waals surface area (Å²) in [5.74, 6) is 0.967. The van der Waals surface area contributed by atoms with E-state index in [1.165, 1.54) is 17.8 Å². The fourth-order valence-corrected chi connectivity index (χ4v) is 5.20. The number of oxime groups is 1. The Morgan fingerprint density at radius 2 is 2.16 bits per heavy atom. The highest BCUT2D eigenvalue weighted by Gasteiger charge is 2.40. The Kier molecular flexibility index (Phi) is 11.9. The van der Waals surface area contributed by atoms with Gasteiger partial charge in [-0.1, -0.05) is 31.2 Å². The number of rotatable bonds is 15. The van der Waals surface area contributed by atoms with Crippen molar-refractivity contribution in [3.63, 3.8) is 0 Å². The number of morpholine rings is 1. The van der Waals surface area contributed by atoms with Crippen LogP contribution in [-0.4, -0.2) is 78.9 Å². The number of nitrogens with one attached hydrogen (secondary N) is 1. The smallest absolute Gasteiger partial charge is 0.339 e. The predicted octanol–water partition coefficient (Wildman–Crippen LogP) is 3.57. The number of hydrogen-bond donors (Lipinski definition) is 1. The number of amides is 1. The van der Waals surface area contributed by atoms with Crippen molar-refractivity contribution in [3.05, 3.63) is 41.0 Å². The van der Waals surface area contributed by atoms with Crippen LogP contribution < -0.4 is 15.7 Å². The Morgan fingerprint density at radius 3 is 2.89 bits per heavy atom. The van der Waals surface area contributed by atoms with E-state index in [0.29, 0.717) is 41.0 Å². The molecule has 0 aliphatic carbocycles. The third kappa shape index (κ3) is 8.99. The molecule has 10 nitrogen and oxygen atoms in total. The predicted molar refractivity (Wildman–Crippen MR) is 150 cm³/mol. The van der Waals surface area contributed by atoms with Gasteiger partial charge in [0.1, 0.15) is 41.0 Å². The lowest BCUT2D eigenvalue weighted by Crippen LogP contribution is -2.45. The number of carbonyl (C=O) groups excluding carboxylic acids is 1. The Morgan fingerprint density at radius 1 is 1.37 bits per heavy atom. The quantitative estimate of drug-likeness (QED) is 0.153. The van der Waals surface area contributed by atoms with Gasteiger partial charge in [-0.15, -0.1) is 11.8 Å². The Hall–Kier alpha value is -2.63. The molecule has 1 N–H and O–H groups in total. The average molecular weight is 549 g/mol. The van der Waals surface area contributed by atoms with Crippen molar-refractivity contribution < 1.29 is 23.5 Å². The van der Waals surface area contributed by atoms with Crippen LogP contribution >= 0.6 is 11.8 Å². The van der Waals surface area contributed by atoms with Gasteiger partial charge in [0.05, 0.1) is 25.3 Å². The third-order valence-electron chi connectivity index (χ3n) is 6.26. The maximum Gasteiger partial charge on any atom is 0.339 e. The van der Waals surface area contributed by atoms with E-state index in [4.69, 9.17) is 18.7 Å². The molecule has 0 radical (unpaired) electrons. The molecule has 0 bridgehead atoms. The standard InChI is InChI=1S/C27H40N4O6S/c1-5-9-22(23-17-21(35-13-6-2)18-24(32)37-23)28-26(33)27(4)19-38-25(29-27)20(3)30-36-14-8-7-10-31-11-15-34-16-12-31/h6,17-18,22H,2,5,7-16,19H2,1,3-4H3,(H,28,33)/b30-20+. The first-order valence-electron chi connectivity index (χ1n) is 13.2. The van der Waals surface area contributed by atoms with Crippen molar-refractivity contribution in [2.45, 2.75) is 58.0 Å². The summed E-state index contributed by atoms with van der Waals surface area (Å²) in [5.41, 5.74) is -0.853. The lowest BCUT2D eigenvalue weighted by Gasteiger charge is -2.26. The van der Waals surface area contributed by atoms with E-state index in [2.05, 4.69) is 26.9 Å². The van der Waals surface area contributed by atoms with Crippen LogP contribution in [0, 0.1) is 0 Å². The number of thioether (sulfide) groups is 1. The number of unbranched alkanes of at least 4 members (excludes halogenated alkanes) is 1. The first-order chi connectivity index (χ1) is 18.3. The van der Waals surface area contributed by atoms with Crippen LogP contribution in [0.2, 0.25) is 0 Å². The second-order valence-corrected chi connectivity index (χ2v) is 10.5. The minimum atomic E-state index is -0.974. The second kappa shape index (κ2) is 15.1. The molecule has 38 heavy (non-hydrogen) atoms. The maximum absolute atomic E-state index is 13.3. The monoisotopic (exact) mass is 548 g/mol. The lowest BCUT2D eigenvalue weighted by atomic mass is 10.0. The van der Waals surface area contributed by atoms with Crippen LogP contribution in [-0.2, 0) is 14.4 Å². The molecule has 2 aliphatic rings. The fourth-order valence-electron chi connectivity index (χ4n) is 4.08. The van der Waals surface area contributed by atoms with Crippen LogP contribution in [0.1, 0.15) is 58.3 Å². The highest BCUT2D eigenvalue weighted by atomic mass is 32.2. The summed E-state index contributed by atoms with van der Waals surface area (Å²) >= 11 is 1.48. The van der Waals surface area contributed by atoms with Gasteiger partial charge in [-0.2, -0.15) is 0 Å². The molecule has 1 saturated heterocycles. The molecule has 0 aromatic carbocycles. The van der Waals surface area contributed by atoms with Gasteiger partial charge in [-0.05, 0) is 39.7 Å². The average Bonchev–Trinajstić information content (AvgIpc) is 3.33. The van der Waals surface area contributed by atoms with Gasteiger partial charge in [0.2, 0.25) is 5.91 Å². The molecule has 11 heteroatoms. The van der Waals surface area contributed by atoms with Crippen LogP contribution in [0.4, 0.5) is 0 Å². The summed E-state index contributed by atoms with van der Waals surface area (Å²) in [4.78, 5) is 38.0. The van der Waals surface area contributed by atoms with Crippen molar-refractivity contribution in [3.8, 4) is 5.75 Å². The highest BCUT2D eigenvalue weighted by Crippen LogP contribution is 2.30. The maximum atomic E-state index is 13.3. The van der Waals surface area contributed by atoms with Gasteiger partial charge >= 0.3 is 5.63 Å². The van der Waals surface area contributed by atoms with Crippen LogP contribution in [0.5, 0.6) is 5.75 Å². The lowest BCUT2D eigenvalue weighted by molar-refractivity contribution is -0.125. The zero-order chi connectivity index (χ0) is 27.4. The summed E-state index contributed by atoms with van der Waals surface area (Å²) in [5, 5.41) is 7.94. The molecule has 0 saturated carbocycles. The molecule has 2 atom stereocenters. The van der Waals surface area contributed by atoms with Crippen LogP contribution in [0.3, 0.4) is 0 Å². The SMILES string of the molecule is C=CCOc1cc(C(CCC)NC(=O)C2(C)CSC(/C(C)=N/OCCCCN3CCOCC3)=N2)oc(=O)c1. The van der Waals surface area contributed by atoms with Crippen LogP contribution in [0.25, 0.3) is 0 Å². The van der Waals surface area contributed by atoms with E-state index in [-0.39, 0.29) is 12.5 Å². The van der Waals surface area contributed by atoms with E-state index in [0.717, 1.165) is 52.1 Å². The molecule has 1 fully saturated rings. The molecule has 2 aliphatic heterocycles. The number of aliphatic imine (C=N–C) groups is 1. The van der Waals surface area contributed by atoms with Gasteiger partial charge in [0.25, 0.3) is 0 Å². The third-order valence-corrected chi connectivity index (χ3v) is 7.63. The van der Waals surface area contributed by atoms with Gasteiger partial charge < -0.3 is 24.0 Å². The van der Waals surface area contributed by atoms with Gasteiger partial charge in [0, 0.05) is 24.9 Å². The normalized spacial score (nSPS) is 21.0. The van der Waals surface area contributed by atoms with Crippen molar-refractivity contribution in [2.75, 3.05) is 51.8 Å². The van der Waals surface area contributed by atoms with E-state index in [9.17, 15) is 9.59 Å². The Bertz CT molecular complexity index is 1050. The van der Waals surface area contributed by atoms with Gasteiger partial charge in [-0.3, -0.25) is 14.7 Å². The van der Waals surface area contributed by atoms with Crippen molar-refractivity contribution in [1.82, 2.24) is 10.2 Å². The minimum absolute atomic E-state index is 0.240. The van der Waals surface area contributed by atoms with E-state index < -0.39 is 17.2 Å². The summed E-state index contributed by atoms with van der Waals surface area (Å²) in [7, 11) is 0. The Balaban J connectivity index is 1.55. The highest BCUT2D eigenvalue weighted by molar-refractivity contribution is 8.16. The van der Waals surface area contributed by atoms with Gasteiger partial charge in [-0.25, -0.2) is 4.79 Å². The van der Waals surface area contributed by atoms with E-state index >= 15 is 0 Å². The van der Waals surface area contributed by atoms with Crippen molar-refractivity contribution in [2.24, 2.45) is 10.1 Å². The van der Waals surface area contributed by atoms with Crippen molar-refractivity contribution in [1.29, 1.82) is 0 Å². The number of carbonyl (C=O) groups is 1. The molecular formula is C27H40N4O6S. The Labute approximate surface area is 228 Å². The molecular weight excluding hydrogens is 508 g/mol. The summed E-state index contributed by atoms with van der Waals surface area (Å²) in [6, 6.07) is 2.43. The second-order valence-electron chi connectivity index (χ2n) is 9.58. The van der Waals surface area contributed by atoms with Gasteiger partial charge in [0.15, 0.2) is 0 Å². The van der Waals surface area contributed by atoms with E-state index in [1.807, 2.05) is 13.8 Å². The molecule has 3 heterocycles. The first-order valence-corrected chi connectivity index (χ1v) is 14.2. The molecule has 0 spiro atoms. The fraction of sp³-hybridized carbons (Fsp3) is 0.630. The van der Waals surface area contributed by atoms with E-state index in [1.54, 1.807) is 19.1 Å². The summed E-state index contributed by atoms with van der Waals surface area (Å²) in [6.45, 7) is 14.7. The summed E-state index contributed by atoms with van der Waals surface area (Å²) in [6.07, 6.45) is 4.94. The zero-order valence-corrected chi connectivity index (χ0v) is 23.5. The summed E-state index contributed by atoms with van der Waals surface area (Å²) < 4.78 is 16.3. The molecule has 3 rings (SSSR count). The zero-order valence-electron chi connectivity index (χ0n) is 22.7.